The van der Waals surface area contributed by atoms with E-state index >= 15 is 0 Å². The summed E-state index contributed by atoms with van der Waals surface area (Å²) < 4.78 is 0. The van der Waals surface area contributed by atoms with E-state index in [1.807, 2.05) is 14.0 Å². The topological polar surface area (TPSA) is 41.1 Å². The highest BCUT2D eigenvalue weighted by atomic mass is 35.5. The number of piperidine rings is 1. The number of aromatic nitrogens is 2. The Morgan fingerprint density at radius 1 is 1.56 bits per heavy atom. The molecule has 0 aliphatic carbocycles. The maximum atomic E-state index is 6.00. The molecule has 2 heterocycles. The fourth-order valence-corrected chi connectivity index (χ4v) is 2.03. The van der Waals surface area contributed by atoms with Crippen molar-refractivity contribution in [3.05, 3.63) is 16.9 Å². The first-order valence-electron chi connectivity index (χ1n) is 5.61. The minimum atomic E-state index is 0.465. The molecule has 1 saturated heterocycles. The quantitative estimate of drug-likeness (QED) is 0.798. The zero-order valence-corrected chi connectivity index (χ0v) is 10.5. The van der Waals surface area contributed by atoms with E-state index in [9.17, 15) is 0 Å². The molecule has 88 valence electrons. The maximum Gasteiger partial charge on any atom is 0.226 e. The first-order valence-corrected chi connectivity index (χ1v) is 5.99. The molecule has 0 bridgehead atoms. The Hall–Kier alpha value is -0.870. The Kier molecular flexibility index (Phi) is 3.61. The Morgan fingerprint density at radius 3 is 3.00 bits per heavy atom. The number of hydrogen-bond donors (Lipinski definition) is 1. The molecule has 16 heavy (non-hydrogen) atoms. The van der Waals surface area contributed by atoms with Gasteiger partial charge in [0.25, 0.3) is 0 Å². The third-order valence-electron chi connectivity index (χ3n) is 3.03. The summed E-state index contributed by atoms with van der Waals surface area (Å²) in [6.07, 6.45) is 4.16. The summed E-state index contributed by atoms with van der Waals surface area (Å²) in [7, 11) is 2.03. The number of aryl methyl sites for hydroxylation is 1. The predicted molar refractivity (Wildman–Crippen MR) is 66.1 cm³/mol. The zero-order chi connectivity index (χ0) is 11.5. The van der Waals surface area contributed by atoms with Crippen LogP contribution in [0.3, 0.4) is 0 Å². The summed E-state index contributed by atoms with van der Waals surface area (Å²) in [6, 6.07) is 0.465. The van der Waals surface area contributed by atoms with Crippen LogP contribution in [0.15, 0.2) is 6.20 Å². The standard InChI is InChI=1S/C11H17ClN4/c1-8-6-14-11(15-10(8)12)16(2)9-4-3-5-13-7-9/h6,9,13H,3-5,7H2,1-2H3/t9-/m1/s1. The molecule has 1 aromatic rings. The van der Waals surface area contributed by atoms with Crippen LogP contribution in [0.4, 0.5) is 5.95 Å². The zero-order valence-electron chi connectivity index (χ0n) is 9.70. The molecule has 2 rings (SSSR count). The van der Waals surface area contributed by atoms with Gasteiger partial charge in [-0.05, 0) is 26.3 Å². The summed E-state index contributed by atoms with van der Waals surface area (Å²) in [4.78, 5) is 10.7. The van der Waals surface area contributed by atoms with Crippen molar-refractivity contribution >= 4 is 17.5 Å². The van der Waals surface area contributed by atoms with E-state index in [4.69, 9.17) is 11.6 Å². The molecule has 4 nitrogen and oxygen atoms in total. The molecule has 0 aromatic carbocycles. The molecule has 0 unspecified atom stereocenters. The van der Waals surface area contributed by atoms with Gasteiger partial charge in [-0.1, -0.05) is 11.6 Å². The van der Waals surface area contributed by atoms with Gasteiger partial charge in [0.15, 0.2) is 0 Å². The second-order valence-corrected chi connectivity index (χ2v) is 4.61. The van der Waals surface area contributed by atoms with Crippen LogP contribution in [-0.2, 0) is 0 Å². The van der Waals surface area contributed by atoms with Gasteiger partial charge in [0.05, 0.1) is 0 Å². The van der Waals surface area contributed by atoms with E-state index in [1.54, 1.807) is 6.20 Å². The number of halogens is 1. The highest BCUT2D eigenvalue weighted by molar-refractivity contribution is 6.30. The van der Waals surface area contributed by atoms with E-state index in [-0.39, 0.29) is 0 Å². The average molecular weight is 241 g/mol. The number of likely N-dealkylation sites (N-methyl/N-ethyl adjacent to an activating group) is 1. The summed E-state index contributed by atoms with van der Waals surface area (Å²) >= 11 is 6.00. The molecule has 1 fully saturated rings. The van der Waals surface area contributed by atoms with Crippen molar-refractivity contribution in [2.24, 2.45) is 0 Å². The fourth-order valence-electron chi connectivity index (χ4n) is 1.91. The van der Waals surface area contributed by atoms with E-state index in [1.165, 1.54) is 12.8 Å². The second-order valence-electron chi connectivity index (χ2n) is 4.25. The van der Waals surface area contributed by atoms with Crippen molar-refractivity contribution < 1.29 is 0 Å². The second kappa shape index (κ2) is 4.97. The van der Waals surface area contributed by atoms with Crippen LogP contribution in [0.1, 0.15) is 18.4 Å². The lowest BCUT2D eigenvalue weighted by Crippen LogP contribution is -2.44. The number of hydrogen-bond acceptors (Lipinski definition) is 4. The Morgan fingerprint density at radius 2 is 2.38 bits per heavy atom. The molecule has 1 aliphatic heterocycles. The van der Waals surface area contributed by atoms with E-state index in [0.29, 0.717) is 17.1 Å². The van der Waals surface area contributed by atoms with Crippen LogP contribution in [0, 0.1) is 6.92 Å². The van der Waals surface area contributed by atoms with E-state index < -0.39 is 0 Å². The lowest BCUT2D eigenvalue weighted by Gasteiger charge is -2.31. The molecule has 5 heteroatoms. The monoisotopic (exact) mass is 240 g/mol. The fraction of sp³-hybridized carbons (Fsp3) is 0.636. The van der Waals surface area contributed by atoms with Crippen molar-refractivity contribution in [2.45, 2.75) is 25.8 Å². The Balaban J connectivity index is 2.12. The number of nitrogens with zero attached hydrogens (tertiary/aromatic N) is 3. The van der Waals surface area contributed by atoms with Gasteiger partial charge in [0.2, 0.25) is 5.95 Å². The Labute approximate surface area is 101 Å². The van der Waals surface area contributed by atoms with Crippen molar-refractivity contribution in [3.8, 4) is 0 Å². The largest absolute Gasteiger partial charge is 0.340 e. The van der Waals surface area contributed by atoms with Crippen molar-refractivity contribution in [2.75, 3.05) is 25.0 Å². The third-order valence-corrected chi connectivity index (χ3v) is 3.41. The van der Waals surface area contributed by atoms with Gasteiger partial charge in [-0.3, -0.25) is 0 Å². The lowest BCUT2D eigenvalue weighted by molar-refractivity contribution is 0.441. The van der Waals surface area contributed by atoms with Gasteiger partial charge in [-0.25, -0.2) is 9.97 Å². The minimum absolute atomic E-state index is 0.465. The van der Waals surface area contributed by atoms with Crippen LogP contribution in [-0.4, -0.2) is 36.1 Å². The predicted octanol–water partition coefficient (Wildman–Crippen LogP) is 1.63. The average Bonchev–Trinajstić information content (AvgIpc) is 2.33. The summed E-state index contributed by atoms with van der Waals surface area (Å²) in [5.74, 6) is 0.712. The van der Waals surface area contributed by atoms with Gasteiger partial charge in [-0.15, -0.1) is 0 Å². The molecule has 1 atom stereocenters. The first kappa shape index (κ1) is 11.6. The van der Waals surface area contributed by atoms with Crippen LogP contribution in [0.25, 0.3) is 0 Å². The molecule has 1 aromatic heterocycles. The van der Waals surface area contributed by atoms with Gasteiger partial charge in [0.1, 0.15) is 5.15 Å². The van der Waals surface area contributed by atoms with Crippen LogP contribution < -0.4 is 10.2 Å². The van der Waals surface area contributed by atoms with Gasteiger partial charge >= 0.3 is 0 Å². The lowest BCUT2D eigenvalue weighted by atomic mass is 10.1. The van der Waals surface area contributed by atoms with Crippen LogP contribution in [0.2, 0.25) is 5.15 Å². The summed E-state index contributed by atoms with van der Waals surface area (Å²) in [6.45, 7) is 4.01. The molecular weight excluding hydrogens is 224 g/mol. The number of nitrogens with one attached hydrogen (secondary N) is 1. The Bertz CT molecular complexity index is 363. The molecular formula is C11H17ClN4. The molecule has 0 saturated carbocycles. The summed E-state index contributed by atoms with van der Waals surface area (Å²) in [5, 5.41) is 3.92. The van der Waals surface area contributed by atoms with Gasteiger partial charge in [-0.2, -0.15) is 0 Å². The molecule has 1 N–H and O–H groups in total. The normalized spacial score (nSPS) is 20.8. The number of rotatable bonds is 2. The minimum Gasteiger partial charge on any atom is -0.340 e. The third kappa shape index (κ3) is 2.44. The van der Waals surface area contributed by atoms with Crippen LogP contribution in [0.5, 0.6) is 0 Å². The summed E-state index contributed by atoms with van der Waals surface area (Å²) in [5.41, 5.74) is 0.917. The SMILES string of the molecule is Cc1cnc(N(C)[C@@H]2CCCNC2)nc1Cl. The molecule has 1 aliphatic rings. The van der Waals surface area contributed by atoms with Gasteiger partial charge in [0, 0.05) is 31.4 Å². The first-order chi connectivity index (χ1) is 7.68. The van der Waals surface area contributed by atoms with E-state index in [2.05, 4.69) is 20.2 Å². The molecule has 0 spiro atoms. The number of anilines is 1. The highest BCUT2D eigenvalue weighted by Crippen LogP contribution is 2.18. The highest BCUT2D eigenvalue weighted by Gasteiger charge is 2.20. The van der Waals surface area contributed by atoms with Crippen molar-refractivity contribution in [3.63, 3.8) is 0 Å². The van der Waals surface area contributed by atoms with Crippen molar-refractivity contribution in [1.29, 1.82) is 0 Å². The maximum absolute atomic E-state index is 6.00. The van der Waals surface area contributed by atoms with Gasteiger partial charge < -0.3 is 10.2 Å². The van der Waals surface area contributed by atoms with E-state index in [0.717, 1.165) is 18.7 Å². The van der Waals surface area contributed by atoms with Crippen LogP contribution >= 0.6 is 11.6 Å². The van der Waals surface area contributed by atoms with Crippen molar-refractivity contribution in [1.82, 2.24) is 15.3 Å². The molecule has 0 radical (unpaired) electrons. The smallest absolute Gasteiger partial charge is 0.226 e. The molecule has 0 amide bonds.